The summed E-state index contributed by atoms with van der Waals surface area (Å²) in [7, 11) is -3.24. The minimum atomic E-state index is -3.24. The van der Waals surface area contributed by atoms with Crippen LogP contribution in [0.15, 0.2) is 0 Å². The SMILES string of the molecule is CC(Br)CCCNS(=O)(=O)N1CCCCCC1. The van der Waals surface area contributed by atoms with Gasteiger partial charge in [-0.05, 0) is 25.7 Å². The molecule has 6 heteroatoms. The standard InChI is InChI=1S/C11H23BrN2O2S/c1-11(12)7-6-8-13-17(15,16)14-9-4-2-3-5-10-14/h11,13H,2-10H2,1H3. The summed E-state index contributed by atoms with van der Waals surface area (Å²) >= 11 is 3.45. The Morgan fingerprint density at radius 2 is 1.82 bits per heavy atom. The molecule has 0 spiro atoms. The van der Waals surface area contributed by atoms with Gasteiger partial charge in [-0.3, -0.25) is 0 Å². The predicted octanol–water partition coefficient (Wildman–Crippen LogP) is 2.26. The Morgan fingerprint density at radius 3 is 2.35 bits per heavy atom. The monoisotopic (exact) mass is 326 g/mol. The molecule has 0 radical (unpaired) electrons. The molecule has 0 aromatic carbocycles. The van der Waals surface area contributed by atoms with Crippen molar-refractivity contribution in [3.8, 4) is 0 Å². The Balaban J connectivity index is 2.33. The number of alkyl halides is 1. The van der Waals surface area contributed by atoms with E-state index < -0.39 is 10.2 Å². The fraction of sp³-hybridized carbons (Fsp3) is 1.00. The van der Waals surface area contributed by atoms with Crippen LogP contribution in [-0.4, -0.2) is 37.2 Å². The molecule has 0 bridgehead atoms. The van der Waals surface area contributed by atoms with Crippen molar-refractivity contribution in [1.29, 1.82) is 0 Å². The lowest BCUT2D eigenvalue weighted by Gasteiger charge is -2.20. The molecule has 1 N–H and O–H groups in total. The molecule has 1 fully saturated rings. The Bertz CT molecular complexity index is 299. The third-order valence-corrected chi connectivity index (χ3v) is 5.04. The lowest BCUT2D eigenvalue weighted by Crippen LogP contribution is -2.41. The topological polar surface area (TPSA) is 49.4 Å². The molecule has 1 unspecified atom stereocenters. The van der Waals surface area contributed by atoms with Gasteiger partial charge in [0.15, 0.2) is 0 Å². The normalized spacial score (nSPS) is 21.1. The zero-order valence-corrected chi connectivity index (χ0v) is 12.9. The Kier molecular flexibility index (Phi) is 6.99. The summed E-state index contributed by atoms with van der Waals surface area (Å²) in [6, 6.07) is 0. The van der Waals surface area contributed by atoms with Crippen LogP contribution in [0.2, 0.25) is 0 Å². The molecule has 0 saturated carbocycles. The molecule has 1 aliphatic heterocycles. The largest absolute Gasteiger partial charge is 0.279 e. The molecule has 0 aromatic heterocycles. The molecule has 0 amide bonds. The smallest absolute Gasteiger partial charge is 0.202 e. The van der Waals surface area contributed by atoms with Crippen LogP contribution in [0.3, 0.4) is 0 Å². The summed E-state index contributed by atoms with van der Waals surface area (Å²) in [5, 5.41) is 0. The summed E-state index contributed by atoms with van der Waals surface area (Å²) in [6.45, 7) is 3.95. The van der Waals surface area contributed by atoms with Crippen LogP contribution in [0.4, 0.5) is 0 Å². The minimum absolute atomic E-state index is 0.449. The van der Waals surface area contributed by atoms with Crippen molar-refractivity contribution in [2.75, 3.05) is 19.6 Å². The van der Waals surface area contributed by atoms with E-state index in [1.165, 1.54) is 0 Å². The minimum Gasteiger partial charge on any atom is -0.202 e. The average molecular weight is 327 g/mol. The Morgan fingerprint density at radius 1 is 1.24 bits per heavy atom. The van der Waals surface area contributed by atoms with Crippen LogP contribution in [0, 0.1) is 0 Å². The van der Waals surface area contributed by atoms with Gasteiger partial charge in [-0.1, -0.05) is 35.7 Å². The zero-order chi connectivity index (χ0) is 12.7. The van der Waals surface area contributed by atoms with Gasteiger partial charge >= 0.3 is 0 Å². The fourth-order valence-electron chi connectivity index (χ4n) is 1.96. The molecule has 102 valence electrons. The molecular formula is C11H23BrN2O2S. The van der Waals surface area contributed by atoms with Gasteiger partial charge in [0.05, 0.1) is 0 Å². The second-order valence-corrected chi connectivity index (χ2v) is 7.95. The van der Waals surface area contributed by atoms with E-state index in [0.29, 0.717) is 24.5 Å². The van der Waals surface area contributed by atoms with E-state index in [9.17, 15) is 8.42 Å². The summed E-state index contributed by atoms with van der Waals surface area (Å²) < 4.78 is 28.3. The van der Waals surface area contributed by atoms with E-state index in [4.69, 9.17) is 0 Å². The van der Waals surface area contributed by atoms with Gasteiger partial charge in [-0.2, -0.15) is 12.7 Å². The maximum Gasteiger partial charge on any atom is 0.279 e. The molecule has 1 atom stereocenters. The van der Waals surface area contributed by atoms with Gasteiger partial charge in [0.2, 0.25) is 0 Å². The lowest BCUT2D eigenvalue weighted by atomic mass is 10.2. The summed E-state index contributed by atoms with van der Waals surface area (Å²) in [5.41, 5.74) is 0. The quantitative estimate of drug-likeness (QED) is 0.601. The van der Waals surface area contributed by atoms with E-state index in [0.717, 1.165) is 38.5 Å². The van der Waals surface area contributed by atoms with E-state index in [-0.39, 0.29) is 0 Å². The maximum atomic E-state index is 12.0. The molecule has 4 nitrogen and oxygen atoms in total. The number of halogens is 1. The molecule has 1 aliphatic rings. The highest BCUT2D eigenvalue weighted by atomic mass is 79.9. The summed E-state index contributed by atoms with van der Waals surface area (Å²) in [6.07, 6.45) is 6.13. The summed E-state index contributed by atoms with van der Waals surface area (Å²) in [4.78, 5) is 0.449. The fourth-order valence-corrected chi connectivity index (χ4v) is 3.61. The molecule has 17 heavy (non-hydrogen) atoms. The molecule has 0 aromatic rings. The van der Waals surface area contributed by atoms with E-state index >= 15 is 0 Å². The van der Waals surface area contributed by atoms with Crippen molar-refractivity contribution in [3.05, 3.63) is 0 Å². The Labute approximate surface area is 113 Å². The van der Waals surface area contributed by atoms with Crippen LogP contribution < -0.4 is 4.72 Å². The summed E-state index contributed by atoms with van der Waals surface area (Å²) in [5.74, 6) is 0. The van der Waals surface area contributed by atoms with Gasteiger partial charge in [0.1, 0.15) is 0 Å². The van der Waals surface area contributed by atoms with Crippen LogP contribution in [0.1, 0.15) is 45.4 Å². The van der Waals surface area contributed by atoms with Crippen molar-refractivity contribution >= 4 is 26.1 Å². The highest BCUT2D eigenvalue weighted by Crippen LogP contribution is 2.12. The number of hydrogen-bond acceptors (Lipinski definition) is 2. The first-order valence-corrected chi connectivity index (χ1v) is 8.77. The van der Waals surface area contributed by atoms with Crippen LogP contribution in [0.25, 0.3) is 0 Å². The number of rotatable bonds is 6. The van der Waals surface area contributed by atoms with E-state index in [2.05, 4.69) is 27.6 Å². The predicted molar refractivity (Wildman–Crippen MR) is 74.6 cm³/mol. The second-order valence-electron chi connectivity index (χ2n) is 4.64. The van der Waals surface area contributed by atoms with E-state index in [1.54, 1.807) is 4.31 Å². The molecular weight excluding hydrogens is 304 g/mol. The van der Waals surface area contributed by atoms with Crippen LogP contribution in [0.5, 0.6) is 0 Å². The van der Waals surface area contributed by atoms with Crippen LogP contribution >= 0.6 is 15.9 Å². The third kappa shape index (κ3) is 6.18. The van der Waals surface area contributed by atoms with Crippen molar-refractivity contribution in [2.45, 2.75) is 50.3 Å². The van der Waals surface area contributed by atoms with Crippen molar-refractivity contribution in [2.24, 2.45) is 0 Å². The molecule has 1 heterocycles. The average Bonchev–Trinajstić information content (AvgIpc) is 2.53. The molecule has 1 saturated heterocycles. The third-order valence-electron chi connectivity index (χ3n) is 2.97. The lowest BCUT2D eigenvalue weighted by molar-refractivity contribution is 0.414. The zero-order valence-electron chi connectivity index (χ0n) is 10.5. The highest BCUT2D eigenvalue weighted by Gasteiger charge is 2.21. The highest BCUT2D eigenvalue weighted by molar-refractivity contribution is 9.09. The first kappa shape index (κ1) is 15.4. The maximum absolute atomic E-state index is 12.0. The van der Waals surface area contributed by atoms with Crippen molar-refractivity contribution < 1.29 is 8.42 Å². The van der Waals surface area contributed by atoms with Crippen LogP contribution in [-0.2, 0) is 10.2 Å². The van der Waals surface area contributed by atoms with Gasteiger partial charge in [-0.25, -0.2) is 4.72 Å². The van der Waals surface area contributed by atoms with Gasteiger partial charge in [0, 0.05) is 24.5 Å². The van der Waals surface area contributed by atoms with Crippen molar-refractivity contribution in [3.63, 3.8) is 0 Å². The Hall–Kier alpha value is 0.350. The van der Waals surface area contributed by atoms with Gasteiger partial charge in [0.25, 0.3) is 10.2 Å². The molecule has 1 rings (SSSR count). The second kappa shape index (κ2) is 7.71. The first-order chi connectivity index (χ1) is 8.02. The number of nitrogens with one attached hydrogen (secondary N) is 1. The molecule has 0 aliphatic carbocycles. The van der Waals surface area contributed by atoms with Crippen molar-refractivity contribution in [1.82, 2.24) is 9.03 Å². The number of hydrogen-bond donors (Lipinski definition) is 1. The van der Waals surface area contributed by atoms with Gasteiger partial charge < -0.3 is 0 Å². The number of nitrogens with zero attached hydrogens (tertiary/aromatic N) is 1. The van der Waals surface area contributed by atoms with Gasteiger partial charge in [-0.15, -0.1) is 0 Å². The van der Waals surface area contributed by atoms with E-state index in [1.807, 2.05) is 0 Å². The first-order valence-electron chi connectivity index (χ1n) is 6.41.